The average Bonchev–Trinajstić information content (AvgIpc) is 2.88. The lowest BCUT2D eigenvalue weighted by atomic mass is 10.2. The molecule has 0 fully saturated rings. The molecule has 2 heterocycles. The van der Waals surface area contributed by atoms with Crippen molar-refractivity contribution >= 4 is 17.5 Å². The summed E-state index contributed by atoms with van der Waals surface area (Å²) in [5.41, 5.74) is 3.70. The van der Waals surface area contributed by atoms with E-state index in [0.29, 0.717) is 17.3 Å². The molecule has 7 heteroatoms. The molecule has 0 spiro atoms. The molecule has 0 bridgehead atoms. The van der Waals surface area contributed by atoms with Gasteiger partial charge in [0.05, 0.1) is 5.69 Å². The smallest absolute Gasteiger partial charge is 0.308 e. The second-order valence-corrected chi connectivity index (χ2v) is 5.55. The van der Waals surface area contributed by atoms with Crippen molar-refractivity contribution in [1.82, 2.24) is 19.7 Å². The summed E-state index contributed by atoms with van der Waals surface area (Å²) in [5, 5.41) is 9.83. The zero-order chi connectivity index (χ0) is 17.1. The summed E-state index contributed by atoms with van der Waals surface area (Å²) in [6, 6.07) is 10.8. The Morgan fingerprint density at radius 3 is 2.42 bits per heavy atom. The highest BCUT2D eigenvalue weighted by atomic mass is 16.2. The van der Waals surface area contributed by atoms with Gasteiger partial charge in [0.1, 0.15) is 12.1 Å². The zero-order valence-electron chi connectivity index (χ0n) is 13.7. The molecular formula is C17H18N6O. The van der Waals surface area contributed by atoms with Crippen LogP contribution >= 0.6 is 0 Å². The molecular weight excluding hydrogens is 304 g/mol. The minimum absolute atomic E-state index is 0.364. The number of aromatic nitrogens is 4. The number of rotatable bonds is 3. The van der Waals surface area contributed by atoms with Crippen molar-refractivity contribution in [3.8, 4) is 5.82 Å². The van der Waals surface area contributed by atoms with Gasteiger partial charge in [0.15, 0.2) is 5.82 Å². The van der Waals surface area contributed by atoms with Crippen molar-refractivity contribution < 1.29 is 4.79 Å². The first kappa shape index (κ1) is 15.7. The summed E-state index contributed by atoms with van der Waals surface area (Å²) < 4.78 is 1.71. The lowest BCUT2D eigenvalue weighted by molar-refractivity contribution is 0.262. The number of carbonyl (C=O) groups is 1. The Labute approximate surface area is 139 Å². The second kappa shape index (κ2) is 6.49. The Morgan fingerprint density at radius 2 is 1.75 bits per heavy atom. The van der Waals surface area contributed by atoms with E-state index in [0.717, 1.165) is 17.0 Å². The molecule has 2 N–H and O–H groups in total. The summed E-state index contributed by atoms with van der Waals surface area (Å²) in [6.45, 7) is 5.85. The average molecular weight is 322 g/mol. The van der Waals surface area contributed by atoms with Crippen LogP contribution < -0.4 is 10.6 Å². The van der Waals surface area contributed by atoms with Gasteiger partial charge in [-0.25, -0.2) is 19.4 Å². The van der Waals surface area contributed by atoms with Gasteiger partial charge in [-0.2, -0.15) is 5.10 Å². The Morgan fingerprint density at radius 1 is 1.00 bits per heavy atom. The molecule has 0 unspecified atom stereocenters. The standard InChI is InChI=1S/C17H18N6O/c1-11-4-6-14(7-5-11)20-17(24)21-15-9-16(19-10-18-15)23-13(3)8-12(2)22-23/h4-10H,1-3H3,(H2,18,19,20,21,24). The van der Waals surface area contributed by atoms with Crippen molar-refractivity contribution in [2.45, 2.75) is 20.8 Å². The predicted octanol–water partition coefficient (Wildman–Crippen LogP) is 3.23. The first-order chi connectivity index (χ1) is 11.5. The Hall–Kier alpha value is -3.22. The predicted molar refractivity (Wildman–Crippen MR) is 92.4 cm³/mol. The van der Waals surface area contributed by atoms with E-state index in [2.05, 4.69) is 25.7 Å². The van der Waals surface area contributed by atoms with E-state index in [-0.39, 0.29) is 6.03 Å². The first-order valence-electron chi connectivity index (χ1n) is 7.51. The van der Waals surface area contributed by atoms with Crippen LogP contribution in [0.4, 0.5) is 16.3 Å². The van der Waals surface area contributed by atoms with Crippen LogP contribution in [0.15, 0.2) is 42.7 Å². The van der Waals surface area contributed by atoms with Gasteiger partial charge in [0, 0.05) is 17.4 Å². The summed E-state index contributed by atoms with van der Waals surface area (Å²) >= 11 is 0. The van der Waals surface area contributed by atoms with E-state index in [1.165, 1.54) is 6.33 Å². The lowest BCUT2D eigenvalue weighted by Crippen LogP contribution is -2.20. The minimum Gasteiger partial charge on any atom is -0.308 e. The van der Waals surface area contributed by atoms with E-state index >= 15 is 0 Å². The van der Waals surface area contributed by atoms with Crippen molar-refractivity contribution in [2.75, 3.05) is 10.6 Å². The fraction of sp³-hybridized carbons (Fsp3) is 0.176. The van der Waals surface area contributed by atoms with Gasteiger partial charge in [0.25, 0.3) is 0 Å². The fourth-order valence-corrected chi connectivity index (χ4v) is 2.31. The summed E-state index contributed by atoms with van der Waals surface area (Å²) in [5.74, 6) is 0.999. The van der Waals surface area contributed by atoms with Gasteiger partial charge < -0.3 is 5.32 Å². The number of hydrogen-bond acceptors (Lipinski definition) is 4. The molecule has 0 saturated heterocycles. The van der Waals surface area contributed by atoms with E-state index in [1.54, 1.807) is 10.7 Å². The fourth-order valence-electron chi connectivity index (χ4n) is 2.31. The topological polar surface area (TPSA) is 84.7 Å². The van der Waals surface area contributed by atoms with Crippen LogP contribution in [0.1, 0.15) is 17.0 Å². The number of anilines is 2. The number of nitrogens with one attached hydrogen (secondary N) is 2. The molecule has 0 radical (unpaired) electrons. The summed E-state index contributed by atoms with van der Waals surface area (Å²) in [4.78, 5) is 20.4. The number of benzene rings is 1. The van der Waals surface area contributed by atoms with Crippen molar-refractivity contribution in [3.05, 3.63) is 59.7 Å². The molecule has 3 aromatic rings. The molecule has 7 nitrogen and oxygen atoms in total. The van der Waals surface area contributed by atoms with Crippen molar-refractivity contribution in [3.63, 3.8) is 0 Å². The van der Waals surface area contributed by atoms with E-state index in [4.69, 9.17) is 0 Å². The van der Waals surface area contributed by atoms with Gasteiger partial charge in [0.2, 0.25) is 0 Å². The number of amides is 2. The van der Waals surface area contributed by atoms with Crippen LogP contribution in [0.25, 0.3) is 5.82 Å². The molecule has 1 aromatic carbocycles. The highest BCUT2D eigenvalue weighted by Crippen LogP contribution is 2.13. The molecule has 24 heavy (non-hydrogen) atoms. The molecule has 3 rings (SSSR count). The van der Waals surface area contributed by atoms with Crippen molar-refractivity contribution in [2.24, 2.45) is 0 Å². The number of carbonyl (C=O) groups excluding carboxylic acids is 1. The molecule has 122 valence electrons. The minimum atomic E-state index is -0.364. The third-order valence-corrected chi connectivity index (χ3v) is 3.43. The molecule has 0 aliphatic heterocycles. The Balaban J connectivity index is 1.73. The SMILES string of the molecule is Cc1ccc(NC(=O)Nc2cc(-n3nc(C)cc3C)ncn2)cc1. The first-order valence-corrected chi connectivity index (χ1v) is 7.51. The highest BCUT2D eigenvalue weighted by molar-refractivity contribution is 5.99. The summed E-state index contributed by atoms with van der Waals surface area (Å²) in [7, 11) is 0. The third-order valence-electron chi connectivity index (χ3n) is 3.43. The largest absolute Gasteiger partial charge is 0.324 e. The maximum Gasteiger partial charge on any atom is 0.324 e. The third kappa shape index (κ3) is 3.57. The number of hydrogen-bond donors (Lipinski definition) is 2. The normalized spacial score (nSPS) is 10.5. The molecule has 0 aliphatic carbocycles. The second-order valence-electron chi connectivity index (χ2n) is 5.55. The van der Waals surface area contributed by atoms with Gasteiger partial charge in [-0.3, -0.25) is 5.32 Å². The number of urea groups is 1. The van der Waals surface area contributed by atoms with Crippen LogP contribution in [-0.4, -0.2) is 25.8 Å². The number of aryl methyl sites for hydroxylation is 3. The maximum atomic E-state index is 12.1. The monoisotopic (exact) mass is 322 g/mol. The van der Waals surface area contributed by atoms with Gasteiger partial charge in [-0.1, -0.05) is 17.7 Å². The maximum absolute atomic E-state index is 12.1. The Bertz CT molecular complexity index is 869. The highest BCUT2D eigenvalue weighted by Gasteiger charge is 2.08. The van der Waals surface area contributed by atoms with E-state index in [9.17, 15) is 4.79 Å². The van der Waals surface area contributed by atoms with E-state index in [1.807, 2.05) is 51.1 Å². The van der Waals surface area contributed by atoms with Crippen LogP contribution in [0.2, 0.25) is 0 Å². The van der Waals surface area contributed by atoms with Crippen LogP contribution in [0.5, 0.6) is 0 Å². The number of nitrogens with zero attached hydrogens (tertiary/aromatic N) is 4. The Kier molecular flexibility index (Phi) is 4.24. The van der Waals surface area contributed by atoms with Crippen LogP contribution in [-0.2, 0) is 0 Å². The lowest BCUT2D eigenvalue weighted by Gasteiger charge is -2.08. The van der Waals surface area contributed by atoms with Gasteiger partial charge in [-0.15, -0.1) is 0 Å². The molecule has 0 atom stereocenters. The van der Waals surface area contributed by atoms with Gasteiger partial charge >= 0.3 is 6.03 Å². The van der Waals surface area contributed by atoms with E-state index < -0.39 is 0 Å². The quantitative estimate of drug-likeness (QED) is 0.775. The summed E-state index contributed by atoms with van der Waals surface area (Å²) in [6.07, 6.45) is 1.40. The molecule has 0 saturated carbocycles. The van der Waals surface area contributed by atoms with Crippen LogP contribution in [0, 0.1) is 20.8 Å². The molecule has 2 aromatic heterocycles. The van der Waals surface area contributed by atoms with Crippen LogP contribution in [0.3, 0.4) is 0 Å². The van der Waals surface area contributed by atoms with Crippen molar-refractivity contribution in [1.29, 1.82) is 0 Å². The molecule has 0 aliphatic rings. The zero-order valence-corrected chi connectivity index (χ0v) is 13.7. The molecule has 2 amide bonds. The van der Waals surface area contributed by atoms with Gasteiger partial charge in [-0.05, 0) is 39.0 Å².